The summed E-state index contributed by atoms with van der Waals surface area (Å²) in [6.07, 6.45) is 2.04. The highest BCUT2D eigenvalue weighted by Crippen LogP contribution is 2.22. The first kappa shape index (κ1) is 20.2. The van der Waals surface area contributed by atoms with Crippen LogP contribution < -0.4 is 5.32 Å². The maximum atomic E-state index is 12.6. The Balaban J connectivity index is 1.70. The minimum Gasteiger partial charge on any atom is -0.296 e. The number of anilines is 1. The highest BCUT2D eigenvalue weighted by atomic mass is 32.2. The van der Waals surface area contributed by atoms with Gasteiger partial charge in [0.25, 0.3) is 5.91 Å². The molecule has 2 aromatic carbocycles. The Bertz CT molecular complexity index is 1050. The van der Waals surface area contributed by atoms with E-state index >= 15 is 0 Å². The number of amides is 1. The molecule has 0 bridgehead atoms. The Hall–Kier alpha value is -2.58. The molecule has 0 saturated heterocycles. The van der Waals surface area contributed by atoms with Crippen molar-refractivity contribution in [3.05, 3.63) is 70.7 Å². The van der Waals surface area contributed by atoms with Gasteiger partial charge < -0.3 is 0 Å². The number of carbonyl (C=O) groups excluding carboxylic acids is 1. The Morgan fingerprint density at radius 3 is 2.46 bits per heavy atom. The van der Waals surface area contributed by atoms with E-state index in [0.29, 0.717) is 11.6 Å². The number of carbonyl (C=O) groups is 1. The lowest BCUT2D eigenvalue weighted by molar-refractivity contribution is 0.102. The molecule has 0 aliphatic rings. The van der Waals surface area contributed by atoms with Crippen LogP contribution in [0.25, 0.3) is 0 Å². The van der Waals surface area contributed by atoms with Crippen LogP contribution in [-0.4, -0.2) is 30.3 Å². The quantitative estimate of drug-likeness (QED) is 0.605. The fraction of sp³-hybridized carbons (Fsp3) is 0.250. The van der Waals surface area contributed by atoms with E-state index < -0.39 is 15.7 Å². The number of aryl methyl sites for hydroxylation is 2. The summed E-state index contributed by atoms with van der Waals surface area (Å²) in [4.78, 5) is 12.7. The van der Waals surface area contributed by atoms with Gasteiger partial charge in [-0.25, -0.2) is 8.42 Å². The molecule has 0 saturated carbocycles. The third kappa shape index (κ3) is 5.02. The van der Waals surface area contributed by atoms with E-state index in [1.54, 1.807) is 19.1 Å². The second-order valence-corrected chi connectivity index (χ2v) is 9.40. The first-order chi connectivity index (χ1) is 13.5. The summed E-state index contributed by atoms with van der Waals surface area (Å²) in [5.74, 6) is -0.499. The highest BCUT2D eigenvalue weighted by Gasteiger charge is 2.22. The van der Waals surface area contributed by atoms with E-state index in [1.807, 2.05) is 18.2 Å². The number of benzene rings is 2. The smallest absolute Gasteiger partial charge is 0.258 e. The van der Waals surface area contributed by atoms with Crippen molar-refractivity contribution in [2.45, 2.75) is 31.1 Å². The zero-order valence-electron chi connectivity index (χ0n) is 15.5. The number of nitrogens with zero attached hydrogens (tertiary/aromatic N) is 2. The van der Waals surface area contributed by atoms with Crippen LogP contribution in [-0.2, 0) is 22.7 Å². The van der Waals surface area contributed by atoms with Crippen molar-refractivity contribution in [3.8, 4) is 0 Å². The van der Waals surface area contributed by atoms with Gasteiger partial charge in [-0.1, -0.05) is 60.7 Å². The third-order valence-corrected chi connectivity index (χ3v) is 6.97. The van der Waals surface area contributed by atoms with E-state index in [9.17, 15) is 13.2 Å². The fourth-order valence-corrected chi connectivity index (χ4v) is 5.04. The molecule has 8 heteroatoms. The summed E-state index contributed by atoms with van der Waals surface area (Å²) >= 11 is 1.30. The van der Waals surface area contributed by atoms with Crippen LogP contribution in [0, 0.1) is 0 Å². The molecular weight excluding hydrogens is 394 g/mol. The average Bonchev–Trinajstić information content (AvgIpc) is 3.14. The molecule has 1 amide bonds. The molecule has 146 valence electrons. The molecule has 1 N–H and O–H groups in total. The van der Waals surface area contributed by atoms with Crippen LogP contribution in [0.5, 0.6) is 0 Å². The van der Waals surface area contributed by atoms with Crippen LogP contribution in [0.3, 0.4) is 0 Å². The van der Waals surface area contributed by atoms with Crippen LogP contribution in [0.2, 0.25) is 0 Å². The highest BCUT2D eigenvalue weighted by molar-refractivity contribution is 7.91. The van der Waals surface area contributed by atoms with Crippen LogP contribution in [0.15, 0.2) is 59.5 Å². The average molecular weight is 416 g/mol. The first-order valence-electron chi connectivity index (χ1n) is 8.99. The van der Waals surface area contributed by atoms with Crippen molar-refractivity contribution in [1.82, 2.24) is 10.2 Å². The van der Waals surface area contributed by atoms with Crippen molar-refractivity contribution >= 4 is 32.2 Å². The number of hydrogen-bond acceptors (Lipinski definition) is 6. The zero-order chi connectivity index (χ0) is 20.0. The zero-order valence-corrected chi connectivity index (χ0v) is 17.1. The number of nitrogens with one attached hydrogen (secondary N) is 1. The maximum absolute atomic E-state index is 12.6. The van der Waals surface area contributed by atoms with Crippen LogP contribution >= 0.6 is 11.3 Å². The molecule has 0 aliphatic heterocycles. The molecule has 0 unspecified atom stereocenters. The molecule has 0 atom stereocenters. The molecule has 0 spiro atoms. The monoisotopic (exact) mass is 415 g/mol. The molecular formula is C20H21N3O3S2. The summed E-state index contributed by atoms with van der Waals surface area (Å²) in [6.45, 7) is 1.79. The SMILES string of the molecule is CCCS(=O)(=O)c1ccccc1C(=O)Nc1nnc(CCc2ccccc2)s1. The minimum absolute atomic E-state index is 0.000263. The number of rotatable bonds is 8. The Kier molecular flexibility index (Phi) is 6.53. The van der Waals surface area contributed by atoms with Gasteiger partial charge in [0.15, 0.2) is 9.84 Å². The van der Waals surface area contributed by atoms with E-state index in [2.05, 4.69) is 27.6 Å². The van der Waals surface area contributed by atoms with Crippen molar-refractivity contribution in [1.29, 1.82) is 0 Å². The minimum atomic E-state index is -3.51. The van der Waals surface area contributed by atoms with Gasteiger partial charge in [0.05, 0.1) is 16.2 Å². The van der Waals surface area contributed by atoms with Gasteiger partial charge in [-0.05, 0) is 30.5 Å². The van der Waals surface area contributed by atoms with Crippen LogP contribution in [0.1, 0.15) is 34.3 Å². The van der Waals surface area contributed by atoms with E-state index in [0.717, 1.165) is 17.8 Å². The van der Waals surface area contributed by atoms with Crippen molar-refractivity contribution in [2.75, 3.05) is 11.1 Å². The Morgan fingerprint density at radius 2 is 1.71 bits per heavy atom. The lowest BCUT2D eigenvalue weighted by Gasteiger charge is -2.09. The summed E-state index contributed by atoms with van der Waals surface area (Å²) in [5.41, 5.74) is 1.33. The Labute approximate surface area is 168 Å². The van der Waals surface area contributed by atoms with Gasteiger partial charge in [0.2, 0.25) is 5.13 Å². The van der Waals surface area contributed by atoms with Gasteiger partial charge >= 0.3 is 0 Å². The molecule has 1 aromatic heterocycles. The van der Waals surface area contributed by atoms with Gasteiger partial charge in [0.1, 0.15) is 5.01 Å². The summed E-state index contributed by atoms with van der Waals surface area (Å²) < 4.78 is 24.9. The molecule has 0 fully saturated rings. The normalized spacial score (nSPS) is 11.3. The predicted molar refractivity (Wildman–Crippen MR) is 110 cm³/mol. The van der Waals surface area contributed by atoms with Gasteiger partial charge in [-0.2, -0.15) is 0 Å². The summed E-state index contributed by atoms with van der Waals surface area (Å²) in [5, 5.41) is 12.0. The molecule has 0 radical (unpaired) electrons. The predicted octanol–water partition coefficient (Wildman–Crippen LogP) is 3.76. The molecule has 0 aliphatic carbocycles. The molecule has 1 heterocycles. The first-order valence-corrected chi connectivity index (χ1v) is 11.5. The van der Waals surface area contributed by atoms with Crippen molar-refractivity contribution in [3.63, 3.8) is 0 Å². The fourth-order valence-electron chi connectivity index (χ4n) is 2.77. The summed E-state index contributed by atoms with van der Waals surface area (Å²) in [6, 6.07) is 16.3. The number of sulfone groups is 1. The second-order valence-electron chi connectivity index (χ2n) is 6.26. The van der Waals surface area contributed by atoms with Crippen molar-refractivity contribution < 1.29 is 13.2 Å². The van der Waals surface area contributed by atoms with Gasteiger partial charge in [0, 0.05) is 6.42 Å². The van der Waals surface area contributed by atoms with Crippen molar-refractivity contribution in [2.24, 2.45) is 0 Å². The number of aromatic nitrogens is 2. The summed E-state index contributed by atoms with van der Waals surface area (Å²) in [7, 11) is -3.51. The third-order valence-electron chi connectivity index (χ3n) is 4.10. The number of hydrogen-bond donors (Lipinski definition) is 1. The maximum Gasteiger partial charge on any atom is 0.258 e. The van der Waals surface area contributed by atoms with Crippen LogP contribution in [0.4, 0.5) is 5.13 Å². The largest absolute Gasteiger partial charge is 0.296 e. The van der Waals surface area contributed by atoms with Gasteiger partial charge in [-0.15, -0.1) is 10.2 Å². The van der Waals surface area contributed by atoms with E-state index in [1.165, 1.54) is 29.0 Å². The van der Waals surface area contributed by atoms with E-state index in [-0.39, 0.29) is 16.2 Å². The van der Waals surface area contributed by atoms with Gasteiger partial charge in [-0.3, -0.25) is 10.1 Å². The lowest BCUT2D eigenvalue weighted by atomic mass is 10.1. The second kappa shape index (κ2) is 9.07. The molecule has 28 heavy (non-hydrogen) atoms. The Morgan fingerprint density at radius 1 is 1.00 bits per heavy atom. The van der Waals surface area contributed by atoms with E-state index in [4.69, 9.17) is 0 Å². The standard InChI is InChI=1S/C20H21N3O3S2/c1-2-14-28(25,26)17-11-7-6-10-16(17)19(24)21-20-23-22-18(27-20)13-12-15-8-4-3-5-9-15/h3-11H,2,12-14H2,1H3,(H,21,23,24). The topological polar surface area (TPSA) is 89.0 Å². The lowest BCUT2D eigenvalue weighted by Crippen LogP contribution is -2.17. The molecule has 3 rings (SSSR count). The molecule has 3 aromatic rings. The molecule has 6 nitrogen and oxygen atoms in total.